The van der Waals surface area contributed by atoms with Crippen LogP contribution in [0.3, 0.4) is 0 Å². The van der Waals surface area contributed by atoms with E-state index < -0.39 is 0 Å². The summed E-state index contributed by atoms with van der Waals surface area (Å²) in [4.78, 5) is 2.68. The highest BCUT2D eigenvalue weighted by Crippen LogP contribution is 2.48. The maximum absolute atomic E-state index is 3.97. The van der Waals surface area contributed by atoms with E-state index in [4.69, 9.17) is 0 Å². The fourth-order valence-electron chi connectivity index (χ4n) is 5.73. The fourth-order valence-corrected chi connectivity index (χ4v) is 5.73. The highest BCUT2D eigenvalue weighted by molar-refractivity contribution is 4.95. The molecule has 4 aliphatic rings. The Kier molecular flexibility index (Phi) is 3.35. The Morgan fingerprint density at radius 1 is 0.947 bits per heavy atom. The average Bonchev–Trinajstić information content (AvgIpc) is 2.99. The van der Waals surface area contributed by atoms with Crippen molar-refractivity contribution in [2.24, 2.45) is 17.8 Å². The molecule has 5 atom stereocenters. The summed E-state index contributed by atoms with van der Waals surface area (Å²) < 4.78 is 0. The summed E-state index contributed by atoms with van der Waals surface area (Å²) >= 11 is 0. The molecule has 2 heteroatoms. The van der Waals surface area contributed by atoms with Gasteiger partial charge >= 0.3 is 0 Å². The standard InChI is InChI=1S/C17H30N2/c1-19-16-3-2-4-17(19)10-15(9-16)18-11-14-8-12-5-6-13(14)7-12/h12-18H,2-11H2,1H3. The molecule has 4 bridgehead atoms. The van der Waals surface area contributed by atoms with Crippen LogP contribution in [-0.4, -0.2) is 36.6 Å². The zero-order valence-corrected chi connectivity index (χ0v) is 12.5. The van der Waals surface area contributed by atoms with Crippen molar-refractivity contribution < 1.29 is 0 Å². The van der Waals surface area contributed by atoms with Gasteiger partial charge in [-0.15, -0.1) is 0 Å². The largest absolute Gasteiger partial charge is 0.314 e. The second-order valence-electron chi connectivity index (χ2n) is 7.92. The summed E-state index contributed by atoms with van der Waals surface area (Å²) in [5.41, 5.74) is 0. The lowest BCUT2D eigenvalue weighted by molar-refractivity contribution is 0.0470. The van der Waals surface area contributed by atoms with E-state index in [-0.39, 0.29) is 0 Å². The van der Waals surface area contributed by atoms with E-state index in [0.717, 1.165) is 35.9 Å². The van der Waals surface area contributed by atoms with E-state index in [1.807, 2.05) is 0 Å². The molecule has 4 rings (SSSR count). The first kappa shape index (κ1) is 12.6. The van der Waals surface area contributed by atoms with Gasteiger partial charge in [-0.25, -0.2) is 0 Å². The van der Waals surface area contributed by atoms with Crippen molar-refractivity contribution in [1.29, 1.82) is 0 Å². The van der Waals surface area contributed by atoms with E-state index in [9.17, 15) is 0 Å². The van der Waals surface area contributed by atoms with Crippen LogP contribution >= 0.6 is 0 Å². The first-order valence-corrected chi connectivity index (χ1v) is 8.75. The topological polar surface area (TPSA) is 15.3 Å². The Morgan fingerprint density at radius 3 is 2.37 bits per heavy atom. The van der Waals surface area contributed by atoms with Crippen LogP contribution in [-0.2, 0) is 0 Å². The van der Waals surface area contributed by atoms with Gasteiger partial charge in [0.2, 0.25) is 0 Å². The van der Waals surface area contributed by atoms with Gasteiger partial charge in [0.25, 0.3) is 0 Å². The van der Waals surface area contributed by atoms with Crippen LogP contribution in [0.1, 0.15) is 57.8 Å². The minimum atomic E-state index is 0.825. The Bertz CT molecular complexity index is 315. The van der Waals surface area contributed by atoms with Gasteiger partial charge in [-0.2, -0.15) is 0 Å². The minimum absolute atomic E-state index is 0.825. The molecule has 0 spiro atoms. The molecule has 2 saturated heterocycles. The second-order valence-corrected chi connectivity index (χ2v) is 7.92. The normalized spacial score (nSPS) is 49.7. The third-order valence-corrected chi connectivity index (χ3v) is 6.89. The first-order valence-electron chi connectivity index (χ1n) is 8.75. The number of nitrogens with one attached hydrogen (secondary N) is 1. The first-order chi connectivity index (χ1) is 9.29. The molecule has 19 heavy (non-hydrogen) atoms. The molecule has 2 aliphatic heterocycles. The lowest BCUT2D eigenvalue weighted by Gasteiger charge is -2.47. The van der Waals surface area contributed by atoms with Crippen molar-refractivity contribution in [3.8, 4) is 0 Å². The monoisotopic (exact) mass is 262 g/mol. The molecule has 2 nitrogen and oxygen atoms in total. The van der Waals surface area contributed by atoms with Gasteiger partial charge in [0.15, 0.2) is 0 Å². The lowest BCUT2D eigenvalue weighted by Crippen LogP contribution is -2.55. The van der Waals surface area contributed by atoms with E-state index in [1.54, 1.807) is 12.8 Å². The maximum Gasteiger partial charge on any atom is 0.0110 e. The highest BCUT2D eigenvalue weighted by atomic mass is 15.2. The van der Waals surface area contributed by atoms with Gasteiger partial charge in [-0.05, 0) is 76.3 Å². The molecule has 2 saturated carbocycles. The second kappa shape index (κ2) is 5.04. The van der Waals surface area contributed by atoms with Crippen LogP contribution in [0.5, 0.6) is 0 Å². The van der Waals surface area contributed by atoms with Crippen LogP contribution in [0.2, 0.25) is 0 Å². The third-order valence-electron chi connectivity index (χ3n) is 6.89. The minimum Gasteiger partial charge on any atom is -0.314 e. The van der Waals surface area contributed by atoms with Crippen LogP contribution in [0, 0.1) is 17.8 Å². The molecule has 0 aromatic heterocycles. The third kappa shape index (κ3) is 2.35. The fraction of sp³-hybridized carbons (Fsp3) is 1.00. The van der Waals surface area contributed by atoms with Crippen molar-refractivity contribution >= 4 is 0 Å². The van der Waals surface area contributed by atoms with Crippen molar-refractivity contribution in [1.82, 2.24) is 10.2 Å². The van der Waals surface area contributed by atoms with Crippen LogP contribution < -0.4 is 5.32 Å². The van der Waals surface area contributed by atoms with Gasteiger partial charge in [0, 0.05) is 18.1 Å². The predicted octanol–water partition coefficient (Wildman–Crippen LogP) is 3.03. The van der Waals surface area contributed by atoms with Crippen LogP contribution in [0.15, 0.2) is 0 Å². The van der Waals surface area contributed by atoms with Crippen LogP contribution in [0.25, 0.3) is 0 Å². The van der Waals surface area contributed by atoms with Gasteiger partial charge in [0.05, 0.1) is 0 Å². The molecule has 2 aliphatic carbocycles. The number of fused-ring (bicyclic) bond motifs is 4. The van der Waals surface area contributed by atoms with E-state index in [1.165, 1.54) is 51.5 Å². The Labute approximate surface area is 118 Å². The zero-order valence-electron chi connectivity index (χ0n) is 12.5. The summed E-state index contributed by atoms with van der Waals surface area (Å²) in [5, 5.41) is 3.97. The van der Waals surface area contributed by atoms with Crippen molar-refractivity contribution in [3.63, 3.8) is 0 Å². The average molecular weight is 262 g/mol. The number of nitrogens with zero attached hydrogens (tertiary/aromatic N) is 1. The van der Waals surface area contributed by atoms with Gasteiger partial charge in [0.1, 0.15) is 0 Å². The van der Waals surface area contributed by atoms with Gasteiger partial charge in [-0.1, -0.05) is 12.8 Å². The molecule has 4 fully saturated rings. The summed E-state index contributed by atoms with van der Waals surface area (Å²) in [7, 11) is 2.36. The molecular formula is C17H30N2. The molecular weight excluding hydrogens is 232 g/mol. The summed E-state index contributed by atoms with van der Waals surface area (Å²) in [6.07, 6.45) is 13.4. The Balaban J connectivity index is 1.29. The van der Waals surface area contributed by atoms with Gasteiger partial charge < -0.3 is 10.2 Å². The smallest absolute Gasteiger partial charge is 0.0110 e. The molecule has 5 unspecified atom stereocenters. The molecule has 0 amide bonds. The van der Waals surface area contributed by atoms with E-state index >= 15 is 0 Å². The Hall–Kier alpha value is -0.0800. The molecule has 0 aromatic rings. The van der Waals surface area contributed by atoms with E-state index in [0.29, 0.717) is 0 Å². The summed E-state index contributed by atoms with van der Waals surface area (Å²) in [6, 6.07) is 2.58. The van der Waals surface area contributed by atoms with Crippen molar-refractivity contribution in [2.45, 2.75) is 75.9 Å². The molecule has 0 radical (unpaired) electrons. The number of rotatable bonds is 3. The zero-order chi connectivity index (χ0) is 12.8. The van der Waals surface area contributed by atoms with Gasteiger partial charge in [-0.3, -0.25) is 0 Å². The summed E-state index contributed by atoms with van der Waals surface area (Å²) in [5.74, 6) is 3.22. The molecule has 1 N–H and O–H groups in total. The number of hydrogen-bond acceptors (Lipinski definition) is 2. The SMILES string of the molecule is CN1C2CCCC1CC(NCC1CC3CCC1C3)C2. The van der Waals surface area contributed by atoms with Crippen LogP contribution in [0.4, 0.5) is 0 Å². The lowest BCUT2D eigenvalue weighted by atomic mass is 9.81. The van der Waals surface area contributed by atoms with E-state index in [2.05, 4.69) is 17.3 Å². The highest BCUT2D eigenvalue weighted by Gasteiger charge is 2.40. The Morgan fingerprint density at radius 2 is 1.74 bits per heavy atom. The van der Waals surface area contributed by atoms with Crippen molar-refractivity contribution in [2.75, 3.05) is 13.6 Å². The molecule has 2 heterocycles. The number of piperidine rings is 2. The molecule has 0 aromatic carbocycles. The molecule has 108 valence electrons. The number of hydrogen-bond donors (Lipinski definition) is 1. The quantitative estimate of drug-likeness (QED) is 0.841. The van der Waals surface area contributed by atoms with Crippen molar-refractivity contribution in [3.05, 3.63) is 0 Å². The summed E-state index contributed by atoms with van der Waals surface area (Å²) in [6.45, 7) is 1.33. The predicted molar refractivity (Wildman–Crippen MR) is 79.2 cm³/mol. The maximum atomic E-state index is 3.97.